The highest BCUT2D eigenvalue weighted by Gasteiger charge is 2.14. The molecule has 0 aliphatic heterocycles. The van der Waals surface area contributed by atoms with E-state index in [0.717, 1.165) is 6.42 Å². The number of hydrogen-bond donors (Lipinski definition) is 2. The molecule has 2 N–H and O–H groups in total. The molecule has 1 aromatic carbocycles. The molecule has 21 heavy (non-hydrogen) atoms. The van der Waals surface area contributed by atoms with Crippen LogP contribution in [0.5, 0.6) is 0 Å². The molecule has 1 aromatic rings. The van der Waals surface area contributed by atoms with Crippen molar-refractivity contribution in [1.29, 1.82) is 0 Å². The zero-order valence-electron chi connectivity index (χ0n) is 11.8. The van der Waals surface area contributed by atoms with Crippen molar-refractivity contribution in [3.05, 3.63) is 29.3 Å². The van der Waals surface area contributed by atoms with Crippen LogP contribution in [0.15, 0.2) is 29.2 Å². The zero-order chi connectivity index (χ0) is 15.7. The number of carbonyl (C=O) groups is 1. The summed E-state index contributed by atoms with van der Waals surface area (Å²) in [7, 11) is -2.05. The van der Waals surface area contributed by atoms with Crippen molar-refractivity contribution in [2.24, 2.45) is 0 Å². The predicted molar refractivity (Wildman–Crippen MR) is 80.8 cm³/mol. The Morgan fingerprint density at radius 2 is 2.10 bits per heavy atom. The summed E-state index contributed by atoms with van der Waals surface area (Å²) in [6, 6.07) is 5.95. The van der Waals surface area contributed by atoms with Gasteiger partial charge in [0.05, 0.1) is 4.90 Å². The molecular weight excluding hydrogens is 316 g/mol. The molecule has 0 aromatic heterocycles. The largest absolute Gasteiger partial charge is 0.385 e. The summed E-state index contributed by atoms with van der Waals surface area (Å²) in [5.74, 6) is -0.208. The number of rotatable bonds is 9. The molecule has 0 saturated carbocycles. The fourth-order valence-corrected chi connectivity index (χ4v) is 2.88. The van der Waals surface area contributed by atoms with Crippen LogP contribution in [0, 0.1) is 0 Å². The number of halogens is 1. The third-order valence-electron chi connectivity index (χ3n) is 2.60. The van der Waals surface area contributed by atoms with Crippen LogP contribution in [0.3, 0.4) is 0 Å². The molecule has 0 atom stereocenters. The summed E-state index contributed by atoms with van der Waals surface area (Å²) in [4.78, 5) is 11.6. The summed E-state index contributed by atoms with van der Waals surface area (Å²) in [5, 5.41) is 3.02. The van der Waals surface area contributed by atoms with Gasteiger partial charge in [-0.3, -0.25) is 4.79 Å². The first-order valence-corrected chi connectivity index (χ1v) is 8.32. The Labute approximate surface area is 129 Å². The average molecular weight is 335 g/mol. The van der Waals surface area contributed by atoms with Crippen molar-refractivity contribution >= 4 is 27.5 Å². The second-order valence-electron chi connectivity index (χ2n) is 4.30. The van der Waals surface area contributed by atoms with E-state index in [9.17, 15) is 13.2 Å². The van der Waals surface area contributed by atoms with Gasteiger partial charge in [0.15, 0.2) is 0 Å². The fraction of sp³-hybridized carbons (Fsp3) is 0.462. The number of carbonyl (C=O) groups excluding carboxylic acids is 1. The highest BCUT2D eigenvalue weighted by molar-refractivity contribution is 7.89. The lowest BCUT2D eigenvalue weighted by molar-refractivity contribution is -0.120. The monoisotopic (exact) mass is 334 g/mol. The summed E-state index contributed by atoms with van der Waals surface area (Å²) in [5.41, 5.74) is 0. The van der Waals surface area contributed by atoms with E-state index in [1.54, 1.807) is 19.2 Å². The van der Waals surface area contributed by atoms with Crippen LogP contribution >= 0.6 is 11.6 Å². The minimum Gasteiger partial charge on any atom is -0.385 e. The Balaban J connectivity index is 2.36. The number of ether oxygens (including phenoxy) is 1. The number of methoxy groups -OCH3 is 1. The molecule has 0 fully saturated rings. The van der Waals surface area contributed by atoms with Crippen molar-refractivity contribution in [3.63, 3.8) is 0 Å². The van der Waals surface area contributed by atoms with Gasteiger partial charge >= 0.3 is 0 Å². The minimum atomic E-state index is -3.64. The summed E-state index contributed by atoms with van der Waals surface area (Å²) >= 11 is 5.75. The van der Waals surface area contributed by atoms with Crippen molar-refractivity contribution in [3.8, 4) is 0 Å². The number of hydrogen-bond acceptors (Lipinski definition) is 4. The van der Waals surface area contributed by atoms with E-state index in [0.29, 0.717) is 18.2 Å². The molecule has 0 aliphatic carbocycles. The van der Waals surface area contributed by atoms with Gasteiger partial charge in [0.25, 0.3) is 0 Å². The van der Waals surface area contributed by atoms with Crippen LogP contribution in [0.2, 0.25) is 5.02 Å². The van der Waals surface area contributed by atoms with Crippen LogP contribution in [0.1, 0.15) is 12.8 Å². The van der Waals surface area contributed by atoms with Crippen molar-refractivity contribution in [2.45, 2.75) is 17.7 Å². The molecule has 0 saturated heterocycles. The second-order valence-corrected chi connectivity index (χ2v) is 6.50. The summed E-state index contributed by atoms with van der Waals surface area (Å²) in [6.45, 7) is 1.11. The van der Waals surface area contributed by atoms with E-state index in [4.69, 9.17) is 16.3 Å². The Kier molecular flexibility index (Phi) is 7.66. The number of amides is 1. The molecule has 0 radical (unpaired) electrons. The maximum Gasteiger partial charge on any atom is 0.240 e. The van der Waals surface area contributed by atoms with E-state index in [-0.39, 0.29) is 23.8 Å². The average Bonchev–Trinajstić information content (AvgIpc) is 2.43. The van der Waals surface area contributed by atoms with Crippen molar-refractivity contribution < 1.29 is 17.9 Å². The SMILES string of the molecule is COCCCNC(=O)CCNS(=O)(=O)c1cccc(Cl)c1. The first kappa shape index (κ1) is 17.9. The van der Waals surface area contributed by atoms with E-state index in [1.165, 1.54) is 12.1 Å². The number of benzene rings is 1. The van der Waals surface area contributed by atoms with Crippen LogP contribution in [0.25, 0.3) is 0 Å². The first-order chi connectivity index (χ1) is 9.95. The molecule has 6 nitrogen and oxygen atoms in total. The fourth-order valence-electron chi connectivity index (χ4n) is 1.55. The lowest BCUT2D eigenvalue weighted by atomic mass is 10.4. The molecule has 0 spiro atoms. The first-order valence-electron chi connectivity index (χ1n) is 6.46. The molecule has 0 unspecified atom stereocenters. The second kappa shape index (κ2) is 8.99. The van der Waals surface area contributed by atoms with Gasteiger partial charge in [-0.2, -0.15) is 0 Å². The summed E-state index contributed by atoms with van der Waals surface area (Å²) in [6.07, 6.45) is 0.795. The van der Waals surface area contributed by atoms with Gasteiger partial charge in [0.1, 0.15) is 0 Å². The third-order valence-corrected chi connectivity index (χ3v) is 4.29. The Morgan fingerprint density at radius 3 is 2.76 bits per heavy atom. The van der Waals surface area contributed by atoms with Gasteiger partial charge in [-0.05, 0) is 24.6 Å². The van der Waals surface area contributed by atoms with Crippen LogP contribution in [-0.4, -0.2) is 41.1 Å². The third kappa shape index (κ3) is 6.90. The smallest absolute Gasteiger partial charge is 0.240 e. The lowest BCUT2D eigenvalue weighted by Gasteiger charge is -2.07. The van der Waals surface area contributed by atoms with Gasteiger partial charge in [0.2, 0.25) is 15.9 Å². The van der Waals surface area contributed by atoms with Crippen molar-refractivity contribution in [2.75, 3.05) is 26.8 Å². The Hall–Kier alpha value is -1.15. The normalized spacial score (nSPS) is 11.3. The quantitative estimate of drug-likeness (QED) is 0.664. The van der Waals surface area contributed by atoms with Crippen LogP contribution in [0.4, 0.5) is 0 Å². The van der Waals surface area contributed by atoms with Gasteiger partial charge in [-0.15, -0.1) is 0 Å². The predicted octanol–water partition coefficient (Wildman–Crippen LogP) is 1.16. The summed E-state index contributed by atoms with van der Waals surface area (Å²) < 4.78 is 31.1. The molecule has 1 rings (SSSR count). The van der Waals surface area contributed by atoms with E-state index < -0.39 is 10.0 Å². The molecule has 1 amide bonds. The van der Waals surface area contributed by atoms with E-state index >= 15 is 0 Å². The Bertz CT molecular complexity index is 563. The standard InChI is InChI=1S/C13H19ClN2O4S/c1-20-9-3-7-15-13(17)6-8-16-21(18,19)12-5-2-4-11(14)10-12/h2,4-5,10,16H,3,6-9H2,1H3,(H,15,17). The molecule has 0 bridgehead atoms. The molecule has 0 aliphatic rings. The van der Waals surface area contributed by atoms with E-state index in [1.807, 2.05) is 0 Å². The lowest BCUT2D eigenvalue weighted by Crippen LogP contribution is -2.31. The van der Waals surface area contributed by atoms with Gasteiger partial charge in [-0.25, -0.2) is 13.1 Å². The maximum absolute atomic E-state index is 11.9. The minimum absolute atomic E-state index is 0.0327. The van der Waals surface area contributed by atoms with Gasteiger partial charge in [-0.1, -0.05) is 17.7 Å². The number of sulfonamides is 1. The van der Waals surface area contributed by atoms with Crippen molar-refractivity contribution in [1.82, 2.24) is 10.0 Å². The maximum atomic E-state index is 11.9. The number of nitrogens with one attached hydrogen (secondary N) is 2. The molecule has 0 heterocycles. The van der Waals surface area contributed by atoms with Gasteiger partial charge < -0.3 is 10.1 Å². The molecule has 8 heteroatoms. The zero-order valence-corrected chi connectivity index (χ0v) is 13.3. The van der Waals surface area contributed by atoms with Crippen LogP contribution in [-0.2, 0) is 19.6 Å². The topological polar surface area (TPSA) is 84.5 Å². The molecule has 118 valence electrons. The van der Waals surface area contributed by atoms with Gasteiger partial charge in [0, 0.05) is 38.2 Å². The van der Waals surface area contributed by atoms with E-state index in [2.05, 4.69) is 10.0 Å². The Morgan fingerprint density at radius 1 is 1.33 bits per heavy atom. The highest BCUT2D eigenvalue weighted by atomic mass is 35.5. The van der Waals surface area contributed by atoms with Crippen LogP contribution < -0.4 is 10.0 Å². The molecular formula is C13H19ClN2O4S. The highest BCUT2D eigenvalue weighted by Crippen LogP contribution is 2.14.